The van der Waals surface area contributed by atoms with Crippen LogP contribution in [0.1, 0.15) is 30.8 Å². The third-order valence-electron chi connectivity index (χ3n) is 3.83. The van der Waals surface area contributed by atoms with Crippen LogP contribution in [0.15, 0.2) is 23.0 Å². The van der Waals surface area contributed by atoms with Crippen molar-refractivity contribution < 1.29 is 18.0 Å². The summed E-state index contributed by atoms with van der Waals surface area (Å²) in [6.45, 7) is 2.82. The smallest absolute Gasteiger partial charge is 0.332 e. The molecule has 1 aliphatic rings. The number of H-pyrrole nitrogens is 1. The van der Waals surface area contributed by atoms with E-state index in [9.17, 15) is 22.8 Å². The highest BCUT2D eigenvalue weighted by Crippen LogP contribution is 2.44. The molecule has 1 unspecified atom stereocenters. The molecule has 20 heavy (non-hydrogen) atoms. The lowest BCUT2D eigenvalue weighted by Gasteiger charge is -2.36. The van der Waals surface area contributed by atoms with E-state index in [2.05, 4.69) is 4.98 Å². The molecule has 1 fully saturated rings. The van der Waals surface area contributed by atoms with Gasteiger partial charge in [-0.25, -0.2) is 0 Å². The summed E-state index contributed by atoms with van der Waals surface area (Å²) in [6.07, 6.45) is -4.47. The Morgan fingerprint density at radius 2 is 2.05 bits per heavy atom. The van der Waals surface area contributed by atoms with E-state index in [1.54, 1.807) is 0 Å². The number of aromatic nitrogens is 1. The number of hydrogen-bond acceptors (Lipinski definition) is 2. The van der Waals surface area contributed by atoms with E-state index in [0.29, 0.717) is 0 Å². The molecule has 1 saturated heterocycles. The first kappa shape index (κ1) is 14.6. The Hall–Kier alpha value is -1.79. The standard InChI is InChI=1S/C13H15F3N2O2/c1-12(2)9(13(14,15)16)6-7-18(12)11(20)8-4-3-5-10(19)17-8/h3-5,9H,6-7H2,1-2H3,(H,17,19). The number of pyridine rings is 1. The van der Waals surface area contributed by atoms with Crippen LogP contribution < -0.4 is 5.56 Å². The Balaban J connectivity index is 2.31. The highest BCUT2D eigenvalue weighted by atomic mass is 19.4. The van der Waals surface area contributed by atoms with Gasteiger partial charge in [0.2, 0.25) is 5.56 Å². The molecular weight excluding hydrogens is 273 g/mol. The van der Waals surface area contributed by atoms with E-state index in [1.807, 2.05) is 0 Å². The highest BCUT2D eigenvalue weighted by Gasteiger charge is 2.56. The zero-order chi connectivity index (χ0) is 15.1. The summed E-state index contributed by atoms with van der Waals surface area (Å²) in [5.74, 6) is -2.14. The summed E-state index contributed by atoms with van der Waals surface area (Å²) in [7, 11) is 0. The normalized spacial score (nSPS) is 22.1. The van der Waals surface area contributed by atoms with Crippen molar-refractivity contribution in [1.29, 1.82) is 0 Å². The first-order valence-electron chi connectivity index (χ1n) is 6.22. The van der Waals surface area contributed by atoms with Gasteiger partial charge in [0.25, 0.3) is 5.91 Å². The average Bonchev–Trinajstić information content (AvgIpc) is 2.63. The van der Waals surface area contributed by atoms with Crippen LogP contribution in [0.5, 0.6) is 0 Å². The van der Waals surface area contributed by atoms with Gasteiger partial charge in [-0.1, -0.05) is 6.07 Å². The number of hydrogen-bond donors (Lipinski definition) is 1. The van der Waals surface area contributed by atoms with Gasteiger partial charge in [0.1, 0.15) is 5.69 Å². The lowest BCUT2D eigenvalue weighted by atomic mass is 9.88. The summed E-state index contributed by atoms with van der Waals surface area (Å²) >= 11 is 0. The Bertz CT molecular complexity index is 577. The Morgan fingerprint density at radius 1 is 1.40 bits per heavy atom. The van der Waals surface area contributed by atoms with Gasteiger partial charge in [-0.2, -0.15) is 13.2 Å². The summed E-state index contributed by atoms with van der Waals surface area (Å²) < 4.78 is 38.9. The monoisotopic (exact) mass is 288 g/mol. The van der Waals surface area contributed by atoms with Crippen molar-refractivity contribution in [1.82, 2.24) is 9.88 Å². The lowest BCUT2D eigenvalue weighted by Crippen LogP contribution is -2.50. The van der Waals surface area contributed by atoms with Crippen molar-refractivity contribution in [3.05, 3.63) is 34.2 Å². The maximum absolute atomic E-state index is 13.0. The van der Waals surface area contributed by atoms with Gasteiger partial charge >= 0.3 is 6.18 Å². The van der Waals surface area contributed by atoms with Crippen LogP contribution in [-0.4, -0.2) is 34.1 Å². The third kappa shape index (κ3) is 2.44. The molecule has 2 heterocycles. The molecule has 0 radical (unpaired) electrons. The van der Waals surface area contributed by atoms with Crippen molar-refractivity contribution in [2.75, 3.05) is 6.54 Å². The highest BCUT2D eigenvalue weighted by molar-refractivity contribution is 5.93. The molecule has 1 atom stereocenters. The minimum atomic E-state index is -4.34. The van der Waals surface area contributed by atoms with E-state index in [4.69, 9.17) is 0 Å². The van der Waals surface area contributed by atoms with E-state index < -0.39 is 29.1 Å². The second-order valence-electron chi connectivity index (χ2n) is 5.42. The molecule has 7 heteroatoms. The third-order valence-corrected chi connectivity index (χ3v) is 3.83. The van der Waals surface area contributed by atoms with Gasteiger partial charge in [0.15, 0.2) is 0 Å². The fraction of sp³-hybridized carbons (Fsp3) is 0.538. The minimum Gasteiger partial charge on any atom is -0.332 e. The molecule has 1 aromatic rings. The fourth-order valence-electron chi connectivity index (χ4n) is 2.73. The molecule has 0 spiro atoms. The van der Waals surface area contributed by atoms with E-state index >= 15 is 0 Å². The molecule has 0 saturated carbocycles. The number of nitrogens with one attached hydrogen (secondary N) is 1. The van der Waals surface area contributed by atoms with Crippen LogP contribution in [0, 0.1) is 5.92 Å². The molecule has 1 amide bonds. The summed E-state index contributed by atoms with van der Waals surface area (Å²) in [4.78, 5) is 27.0. The number of halogens is 3. The van der Waals surface area contributed by atoms with Gasteiger partial charge in [-0.15, -0.1) is 0 Å². The molecule has 0 aromatic carbocycles. The molecule has 0 aliphatic carbocycles. The van der Waals surface area contributed by atoms with Gasteiger partial charge < -0.3 is 9.88 Å². The predicted octanol–water partition coefficient (Wildman–Crippen LogP) is 2.18. The molecule has 0 bridgehead atoms. The number of carbonyl (C=O) groups excluding carboxylic acids is 1. The van der Waals surface area contributed by atoms with Gasteiger partial charge in [0.05, 0.1) is 5.92 Å². The number of alkyl halides is 3. The maximum atomic E-state index is 13.0. The zero-order valence-electron chi connectivity index (χ0n) is 11.1. The van der Waals surface area contributed by atoms with E-state index in [1.165, 1.54) is 36.9 Å². The van der Waals surface area contributed by atoms with Crippen LogP contribution in [-0.2, 0) is 0 Å². The first-order valence-corrected chi connectivity index (χ1v) is 6.22. The Kier molecular flexibility index (Phi) is 3.39. The number of carbonyl (C=O) groups is 1. The first-order chi connectivity index (χ1) is 9.14. The maximum Gasteiger partial charge on any atom is 0.394 e. The van der Waals surface area contributed by atoms with Crippen molar-refractivity contribution >= 4 is 5.91 Å². The van der Waals surface area contributed by atoms with Crippen LogP contribution in [0.4, 0.5) is 13.2 Å². The molecule has 2 rings (SSSR count). The van der Waals surface area contributed by atoms with E-state index in [-0.39, 0.29) is 18.7 Å². The average molecular weight is 288 g/mol. The summed E-state index contributed by atoms with van der Waals surface area (Å²) in [6, 6.07) is 4.03. The fourth-order valence-corrected chi connectivity index (χ4v) is 2.73. The molecule has 1 aliphatic heterocycles. The van der Waals surface area contributed by atoms with Crippen LogP contribution in [0.25, 0.3) is 0 Å². The Morgan fingerprint density at radius 3 is 2.55 bits per heavy atom. The van der Waals surface area contributed by atoms with Crippen molar-refractivity contribution in [2.45, 2.75) is 32.0 Å². The number of nitrogens with zero attached hydrogens (tertiary/aromatic N) is 1. The SMILES string of the molecule is CC1(C)C(C(F)(F)F)CCN1C(=O)c1cccc(=O)[nH]1. The van der Waals surface area contributed by atoms with Crippen molar-refractivity contribution in [2.24, 2.45) is 5.92 Å². The predicted molar refractivity (Wildman–Crippen MR) is 66.3 cm³/mol. The minimum absolute atomic E-state index is 0.00778. The molecule has 1 N–H and O–H groups in total. The van der Waals surface area contributed by atoms with E-state index in [0.717, 1.165) is 0 Å². The quantitative estimate of drug-likeness (QED) is 0.861. The largest absolute Gasteiger partial charge is 0.394 e. The topological polar surface area (TPSA) is 53.2 Å². The van der Waals surface area contributed by atoms with Crippen LogP contribution >= 0.6 is 0 Å². The van der Waals surface area contributed by atoms with Gasteiger partial charge in [0, 0.05) is 18.2 Å². The number of aromatic amines is 1. The van der Waals surface area contributed by atoms with Crippen molar-refractivity contribution in [3.8, 4) is 0 Å². The molecule has 1 aromatic heterocycles. The summed E-state index contributed by atoms with van der Waals surface area (Å²) in [5.41, 5.74) is -1.78. The summed E-state index contributed by atoms with van der Waals surface area (Å²) in [5, 5.41) is 0. The zero-order valence-corrected chi connectivity index (χ0v) is 11.1. The Labute approximate surface area is 113 Å². The van der Waals surface area contributed by atoms with Crippen LogP contribution in [0.3, 0.4) is 0 Å². The van der Waals surface area contributed by atoms with Crippen LogP contribution in [0.2, 0.25) is 0 Å². The number of likely N-dealkylation sites (tertiary alicyclic amines) is 1. The lowest BCUT2D eigenvalue weighted by molar-refractivity contribution is -0.189. The van der Waals surface area contributed by atoms with Crippen molar-refractivity contribution in [3.63, 3.8) is 0 Å². The molecule has 4 nitrogen and oxygen atoms in total. The van der Waals surface area contributed by atoms with Gasteiger partial charge in [-0.3, -0.25) is 9.59 Å². The second-order valence-corrected chi connectivity index (χ2v) is 5.42. The molecule has 110 valence electrons. The molecular formula is C13H15F3N2O2. The number of amides is 1. The van der Waals surface area contributed by atoms with Gasteiger partial charge in [-0.05, 0) is 26.3 Å². The number of rotatable bonds is 1. The second kappa shape index (κ2) is 4.64.